The van der Waals surface area contributed by atoms with Gasteiger partial charge in [-0.15, -0.1) is 0 Å². The molecule has 2 amide bonds. The number of amides is 2. The first-order valence-electron chi connectivity index (χ1n) is 5.90. The highest BCUT2D eigenvalue weighted by Gasteiger charge is 2.19. The molecule has 5 nitrogen and oxygen atoms in total. The molecule has 1 rings (SSSR count). The molecule has 0 spiro atoms. The topological polar surface area (TPSA) is 61.6 Å². The second kappa shape index (κ2) is 7.24. The molecule has 0 aromatic carbocycles. The molecular weight excluding hydrogens is 204 g/mol. The number of urea groups is 1. The Morgan fingerprint density at radius 2 is 2.06 bits per heavy atom. The zero-order valence-electron chi connectivity index (χ0n) is 9.98. The molecule has 1 heterocycles. The van der Waals surface area contributed by atoms with Crippen molar-refractivity contribution in [3.05, 3.63) is 12.3 Å². The lowest BCUT2D eigenvalue weighted by Gasteiger charge is -2.34. The van der Waals surface area contributed by atoms with E-state index in [0.717, 1.165) is 39.1 Å². The van der Waals surface area contributed by atoms with Gasteiger partial charge < -0.3 is 16.0 Å². The van der Waals surface area contributed by atoms with Crippen molar-refractivity contribution in [2.24, 2.45) is 5.73 Å². The van der Waals surface area contributed by atoms with E-state index in [1.54, 1.807) is 6.20 Å². The summed E-state index contributed by atoms with van der Waals surface area (Å²) in [6, 6.07) is -0.00269. The van der Waals surface area contributed by atoms with E-state index < -0.39 is 0 Å². The quantitative estimate of drug-likeness (QED) is 0.719. The Balaban J connectivity index is 2.24. The average molecular weight is 226 g/mol. The molecule has 0 aromatic heterocycles. The Bertz CT molecular complexity index is 234. The number of nitrogens with zero attached hydrogens (tertiary/aromatic N) is 2. The lowest BCUT2D eigenvalue weighted by molar-refractivity contribution is 0.143. The van der Waals surface area contributed by atoms with Crippen LogP contribution in [0.3, 0.4) is 0 Å². The van der Waals surface area contributed by atoms with Crippen LogP contribution < -0.4 is 11.1 Å². The van der Waals surface area contributed by atoms with Crippen LogP contribution in [0.1, 0.15) is 13.3 Å². The number of hydrogen-bond acceptors (Lipinski definition) is 3. The first-order valence-corrected chi connectivity index (χ1v) is 5.90. The summed E-state index contributed by atoms with van der Waals surface area (Å²) in [7, 11) is 0. The molecular formula is C11H22N4O. The minimum atomic E-state index is -0.00269. The van der Waals surface area contributed by atoms with E-state index in [4.69, 9.17) is 5.73 Å². The summed E-state index contributed by atoms with van der Waals surface area (Å²) < 4.78 is 0. The molecule has 3 N–H and O–H groups in total. The summed E-state index contributed by atoms with van der Waals surface area (Å²) in [4.78, 5) is 15.8. The maximum absolute atomic E-state index is 11.7. The second-order valence-corrected chi connectivity index (χ2v) is 3.88. The second-order valence-electron chi connectivity index (χ2n) is 3.88. The predicted molar refractivity (Wildman–Crippen MR) is 65.0 cm³/mol. The fourth-order valence-corrected chi connectivity index (χ4v) is 1.70. The molecule has 16 heavy (non-hydrogen) atoms. The van der Waals surface area contributed by atoms with Crippen LogP contribution >= 0.6 is 0 Å². The number of nitrogens with two attached hydrogens (primary N) is 1. The van der Waals surface area contributed by atoms with Gasteiger partial charge in [-0.1, -0.05) is 13.0 Å². The van der Waals surface area contributed by atoms with Crippen molar-refractivity contribution in [3.63, 3.8) is 0 Å². The van der Waals surface area contributed by atoms with Gasteiger partial charge in [-0.2, -0.15) is 0 Å². The normalized spacial score (nSPS) is 18.0. The maximum Gasteiger partial charge on any atom is 0.321 e. The maximum atomic E-state index is 11.7. The van der Waals surface area contributed by atoms with Crippen LogP contribution in [0.5, 0.6) is 0 Å². The minimum Gasteiger partial charge on any atom is -0.329 e. The van der Waals surface area contributed by atoms with Gasteiger partial charge in [0.15, 0.2) is 0 Å². The molecule has 0 saturated carbocycles. The third-order valence-electron chi connectivity index (χ3n) is 2.67. The summed E-state index contributed by atoms with van der Waals surface area (Å²) in [5.41, 5.74) is 5.49. The molecule has 0 radical (unpaired) electrons. The molecule has 1 saturated heterocycles. The van der Waals surface area contributed by atoms with Crippen molar-refractivity contribution in [3.8, 4) is 0 Å². The van der Waals surface area contributed by atoms with Crippen molar-refractivity contribution in [2.75, 3.05) is 39.3 Å². The van der Waals surface area contributed by atoms with Crippen molar-refractivity contribution < 1.29 is 4.79 Å². The van der Waals surface area contributed by atoms with Crippen LogP contribution in [0.15, 0.2) is 12.3 Å². The van der Waals surface area contributed by atoms with Crippen LogP contribution in [0.25, 0.3) is 0 Å². The van der Waals surface area contributed by atoms with Crippen molar-refractivity contribution in [1.29, 1.82) is 0 Å². The number of allylic oxidation sites excluding steroid dienone is 1. The molecule has 0 aliphatic carbocycles. The highest BCUT2D eigenvalue weighted by Crippen LogP contribution is 2.01. The molecule has 92 valence electrons. The fourth-order valence-electron chi connectivity index (χ4n) is 1.70. The van der Waals surface area contributed by atoms with E-state index in [1.807, 2.05) is 17.9 Å². The van der Waals surface area contributed by atoms with Crippen LogP contribution in [0.4, 0.5) is 4.79 Å². The molecule has 0 atom stereocenters. The molecule has 1 aliphatic heterocycles. The largest absolute Gasteiger partial charge is 0.329 e. The third kappa shape index (κ3) is 4.20. The molecule has 0 unspecified atom stereocenters. The van der Waals surface area contributed by atoms with E-state index in [1.165, 1.54) is 0 Å². The predicted octanol–water partition coefficient (Wildman–Crippen LogP) is 0.196. The summed E-state index contributed by atoms with van der Waals surface area (Å²) in [5, 5.41) is 2.76. The Kier molecular flexibility index (Phi) is 5.88. The summed E-state index contributed by atoms with van der Waals surface area (Å²) in [6.07, 6.45) is 4.59. The molecule has 0 aromatic rings. The summed E-state index contributed by atoms with van der Waals surface area (Å²) >= 11 is 0. The zero-order valence-corrected chi connectivity index (χ0v) is 9.98. The van der Waals surface area contributed by atoms with E-state index in [-0.39, 0.29) is 6.03 Å². The lowest BCUT2D eigenvalue weighted by atomic mass is 10.3. The van der Waals surface area contributed by atoms with Gasteiger partial charge in [0.05, 0.1) is 0 Å². The first kappa shape index (κ1) is 13.0. The van der Waals surface area contributed by atoms with E-state index in [0.29, 0.717) is 6.54 Å². The van der Waals surface area contributed by atoms with Crippen LogP contribution in [0.2, 0.25) is 0 Å². The highest BCUT2D eigenvalue weighted by atomic mass is 16.2. The average Bonchev–Trinajstić information content (AvgIpc) is 2.30. The molecule has 1 aliphatic rings. The lowest BCUT2D eigenvalue weighted by Crippen LogP contribution is -2.51. The van der Waals surface area contributed by atoms with Crippen LogP contribution in [-0.4, -0.2) is 55.1 Å². The minimum absolute atomic E-state index is 0.00269. The molecule has 5 heteroatoms. The number of nitrogens with one attached hydrogen (secondary N) is 1. The number of carbonyl (C=O) groups is 1. The van der Waals surface area contributed by atoms with Gasteiger partial charge in [-0.25, -0.2) is 4.79 Å². The SMILES string of the molecule is CC/C=C/NC(=O)N1CCN(CCN)CC1. The summed E-state index contributed by atoms with van der Waals surface area (Å²) in [6.45, 7) is 7.05. The van der Waals surface area contributed by atoms with Gasteiger partial charge >= 0.3 is 6.03 Å². The standard InChI is InChI=1S/C11H22N4O/c1-2-3-5-13-11(16)15-9-7-14(6-4-12)8-10-15/h3,5H,2,4,6-10,12H2,1H3,(H,13,16)/b5-3+. The van der Waals surface area contributed by atoms with Crippen molar-refractivity contribution in [1.82, 2.24) is 15.1 Å². The van der Waals surface area contributed by atoms with Gasteiger partial charge in [0.1, 0.15) is 0 Å². The van der Waals surface area contributed by atoms with Gasteiger partial charge in [-0.3, -0.25) is 4.90 Å². The Labute approximate surface area is 97.3 Å². The van der Waals surface area contributed by atoms with Gasteiger partial charge in [0.2, 0.25) is 0 Å². The number of carbonyl (C=O) groups excluding carboxylic acids is 1. The van der Waals surface area contributed by atoms with Crippen molar-refractivity contribution >= 4 is 6.03 Å². The highest BCUT2D eigenvalue weighted by molar-refractivity contribution is 5.75. The number of rotatable bonds is 4. The van der Waals surface area contributed by atoms with Crippen LogP contribution in [0, 0.1) is 0 Å². The summed E-state index contributed by atoms with van der Waals surface area (Å²) in [5.74, 6) is 0. The smallest absolute Gasteiger partial charge is 0.321 e. The van der Waals surface area contributed by atoms with E-state index >= 15 is 0 Å². The third-order valence-corrected chi connectivity index (χ3v) is 2.67. The van der Waals surface area contributed by atoms with Gasteiger partial charge in [-0.05, 0) is 6.42 Å². The van der Waals surface area contributed by atoms with E-state index in [2.05, 4.69) is 10.2 Å². The Morgan fingerprint density at radius 1 is 1.38 bits per heavy atom. The van der Waals surface area contributed by atoms with E-state index in [9.17, 15) is 4.79 Å². The van der Waals surface area contributed by atoms with Gasteiger partial charge in [0.25, 0.3) is 0 Å². The first-order chi connectivity index (χ1) is 7.77. The fraction of sp³-hybridized carbons (Fsp3) is 0.727. The number of hydrogen-bond donors (Lipinski definition) is 2. The van der Waals surface area contributed by atoms with Crippen molar-refractivity contribution in [2.45, 2.75) is 13.3 Å². The number of piperazine rings is 1. The van der Waals surface area contributed by atoms with Gasteiger partial charge in [0, 0.05) is 45.5 Å². The Morgan fingerprint density at radius 3 is 2.62 bits per heavy atom. The Hall–Kier alpha value is -1.07. The monoisotopic (exact) mass is 226 g/mol. The zero-order chi connectivity index (χ0) is 11.8. The molecule has 1 fully saturated rings. The van der Waals surface area contributed by atoms with Crippen LogP contribution in [-0.2, 0) is 0 Å². The molecule has 0 bridgehead atoms.